The topological polar surface area (TPSA) is 21.3 Å². The van der Waals surface area contributed by atoms with Crippen molar-refractivity contribution in [1.29, 1.82) is 0 Å². The Morgan fingerprint density at radius 3 is 1.93 bits per heavy atom. The van der Waals surface area contributed by atoms with Crippen LogP contribution >= 0.6 is 0 Å². The molecule has 2 nitrogen and oxygen atoms in total. The minimum absolute atomic E-state index is 0.616. The molecule has 1 saturated carbocycles. The molecule has 0 aromatic carbocycles. The van der Waals surface area contributed by atoms with Gasteiger partial charge in [-0.1, -0.05) is 27.2 Å². The number of ether oxygens (including phenoxy) is 1. The maximum absolute atomic E-state index is 4.99. The zero-order valence-corrected chi connectivity index (χ0v) is 11.6. The lowest BCUT2D eigenvalue weighted by Crippen LogP contribution is -2.20. The molecule has 0 aromatic heterocycles. The fourth-order valence-electron chi connectivity index (χ4n) is 1.18. The number of hydrogen-bond acceptors (Lipinski definition) is 2. The van der Waals surface area contributed by atoms with Crippen LogP contribution in [0.5, 0.6) is 0 Å². The Bertz CT molecular complexity index is 100.0. The van der Waals surface area contributed by atoms with Crippen molar-refractivity contribution in [2.45, 2.75) is 71.9 Å². The van der Waals surface area contributed by atoms with Gasteiger partial charge in [-0.25, -0.2) is 0 Å². The van der Waals surface area contributed by atoms with Gasteiger partial charge in [-0.05, 0) is 39.7 Å². The van der Waals surface area contributed by atoms with Crippen LogP contribution in [0.4, 0.5) is 0 Å². The molecule has 15 heavy (non-hydrogen) atoms. The summed E-state index contributed by atoms with van der Waals surface area (Å²) in [6.07, 6.45) is 7.13. The highest BCUT2D eigenvalue weighted by Gasteiger charge is 2.14. The van der Waals surface area contributed by atoms with Crippen LogP contribution in [0.2, 0.25) is 0 Å². The van der Waals surface area contributed by atoms with Gasteiger partial charge in [0.25, 0.3) is 0 Å². The van der Waals surface area contributed by atoms with E-state index in [1.54, 1.807) is 7.11 Å². The third-order valence-electron chi connectivity index (χ3n) is 2.60. The SMILES string of the molecule is CC.CCC[C@H](C)NC.COC1CCC1. The normalized spacial score (nSPS) is 16.4. The van der Waals surface area contributed by atoms with Crippen LogP contribution in [0.3, 0.4) is 0 Å². The van der Waals surface area contributed by atoms with E-state index in [0.29, 0.717) is 12.1 Å². The van der Waals surface area contributed by atoms with E-state index in [1.807, 2.05) is 20.9 Å². The highest BCUT2D eigenvalue weighted by atomic mass is 16.5. The number of methoxy groups -OCH3 is 1. The fourth-order valence-corrected chi connectivity index (χ4v) is 1.18. The second-order valence-electron chi connectivity index (χ2n) is 3.77. The van der Waals surface area contributed by atoms with Gasteiger partial charge in [0.2, 0.25) is 0 Å². The Hall–Kier alpha value is -0.0800. The standard InChI is InChI=1S/C6H15N.C5H10O.C2H6/c1-4-5-6(2)7-3;1-6-5-3-2-4-5;1-2/h6-7H,4-5H2,1-3H3;5H,2-4H2,1H3;1-2H3/t6-;;/m0../s1. The lowest BCUT2D eigenvalue weighted by atomic mass is 9.96. The molecule has 1 atom stereocenters. The molecule has 1 rings (SSSR count). The third kappa shape index (κ3) is 11.8. The molecule has 0 radical (unpaired) electrons. The van der Waals surface area contributed by atoms with Gasteiger partial charge in [0.05, 0.1) is 6.10 Å². The minimum atomic E-state index is 0.616. The summed E-state index contributed by atoms with van der Waals surface area (Å²) in [7, 11) is 3.78. The molecule has 0 aromatic rings. The van der Waals surface area contributed by atoms with Crippen molar-refractivity contribution >= 4 is 0 Å². The van der Waals surface area contributed by atoms with Gasteiger partial charge in [0, 0.05) is 13.2 Å². The molecule has 1 fully saturated rings. The first-order valence-corrected chi connectivity index (χ1v) is 6.44. The highest BCUT2D eigenvalue weighted by molar-refractivity contribution is 4.67. The van der Waals surface area contributed by atoms with E-state index in [9.17, 15) is 0 Å². The van der Waals surface area contributed by atoms with Crippen molar-refractivity contribution in [2.75, 3.05) is 14.2 Å². The molecular weight excluding hydrogens is 186 g/mol. The molecule has 0 heterocycles. The molecule has 1 aliphatic rings. The molecular formula is C13H31NO. The molecule has 2 heteroatoms. The molecule has 0 unspecified atom stereocenters. The highest BCUT2D eigenvalue weighted by Crippen LogP contribution is 2.20. The zero-order valence-electron chi connectivity index (χ0n) is 11.6. The molecule has 1 N–H and O–H groups in total. The number of hydrogen-bond donors (Lipinski definition) is 1. The van der Waals surface area contributed by atoms with Crippen molar-refractivity contribution in [1.82, 2.24) is 5.32 Å². The van der Waals surface area contributed by atoms with Gasteiger partial charge in [-0.2, -0.15) is 0 Å². The van der Waals surface area contributed by atoms with Crippen molar-refractivity contribution in [2.24, 2.45) is 0 Å². The Morgan fingerprint density at radius 1 is 1.33 bits per heavy atom. The van der Waals surface area contributed by atoms with Crippen LogP contribution < -0.4 is 5.32 Å². The van der Waals surface area contributed by atoms with Crippen molar-refractivity contribution in [3.05, 3.63) is 0 Å². The summed E-state index contributed by atoms with van der Waals surface area (Å²) in [6, 6.07) is 0.699. The summed E-state index contributed by atoms with van der Waals surface area (Å²) in [5.41, 5.74) is 0. The van der Waals surface area contributed by atoms with E-state index in [2.05, 4.69) is 19.2 Å². The molecule has 1 aliphatic carbocycles. The van der Waals surface area contributed by atoms with Crippen molar-refractivity contribution in [3.8, 4) is 0 Å². The number of nitrogens with one attached hydrogen (secondary N) is 1. The first-order valence-electron chi connectivity index (χ1n) is 6.44. The van der Waals surface area contributed by atoms with Gasteiger partial charge in [-0.15, -0.1) is 0 Å². The molecule has 0 spiro atoms. The maximum Gasteiger partial charge on any atom is 0.0571 e. The Kier molecular flexibility index (Phi) is 16.1. The molecule has 0 aliphatic heterocycles. The summed E-state index contributed by atoms with van der Waals surface area (Å²) < 4.78 is 4.99. The predicted octanol–water partition coefficient (Wildman–Crippen LogP) is 3.61. The first-order chi connectivity index (χ1) is 7.24. The number of rotatable bonds is 4. The minimum Gasteiger partial charge on any atom is -0.381 e. The van der Waals surface area contributed by atoms with E-state index in [1.165, 1.54) is 32.1 Å². The van der Waals surface area contributed by atoms with Crippen LogP contribution in [0.1, 0.15) is 59.8 Å². The van der Waals surface area contributed by atoms with E-state index in [0.717, 1.165) is 0 Å². The summed E-state index contributed by atoms with van der Waals surface area (Å²) in [5, 5.41) is 3.17. The van der Waals surface area contributed by atoms with Crippen molar-refractivity contribution in [3.63, 3.8) is 0 Å². The second-order valence-corrected chi connectivity index (χ2v) is 3.77. The Morgan fingerprint density at radius 2 is 1.87 bits per heavy atom. The third-order valence-corrected chi connectivity index (χ3v) is 2.60. The smallest absolute Gasteiger partial charge is 0.0571 e. The van der Waals surface area contributed by atoms with Gasteiger partial charge in [0.15, 0.2) is 0 Å². The van der Waals surface area contributed by atoms with Crippen LogP contribution in [0, 0.1) is 0 Å². The lowest BCUT2D eigenvalue weighted by Gasteiger charge is -2.22. The Balaban J connectivity index is 0. The quantitative estimate of drug-likeness (QED) is 0.777. The summed E-state index contributed by atoms with van der Waals surface area (Å²) in [5.74, 6) is 0. The maximum atomic E-state index is 4.99. The summed E-state index contributed by atoms with van der Waals surface area (Å²) in [4.78, 5) is 0. The van der Waals surface area contributed by atoms with E-state index >= 15 is 0 Å². The molecule has 0 amide bonds. The average molecular weight is 217 g/mol. The zero-order chi connectivity index (χ0) is 12.1. The lowest BCUT2D eigenvalue weighted by molar-refractivity contribution is 0.0412. The van der Waals surface area contributed by atoms with Crippen molar-refractivity contribution < 1.29 is 4.74 Å². The first kappa shape index (κ1) is 17.3. The fraction of sp³-hybridized carbons (Fsp3) is 1.00. The predicted molar refractivity (Wildman–Crippen MR) is 69.4 cm³/mol. The van der Waals surface area contributed by atoms with Gasteiger partial charge < -0.3 is 10.1 Å². The molecule has 94 valence electrons. The van der Waals surface area contributed by atoms with Gasteiger partial charge in [0.1, 0.15) is 0 Å². The molecule has 0 saturated heterocycles. The second kappa shape index (κ2) is 13.9. The van der Waals surface area contributed by atoms with E-state index < -0.39 is 0 Å². The van der Waals surface area contributed by atoms with Crippen LogP contribution in [-0.2, 0) is 4.74 Å². The van der Waals surface area contributed by atoms with E-state index in [4.69, 9.17) is 4.74 Å². The van der Waals surface area contributed by atoms with Gasteiger partial charge >= 0.3 is 0 Å². The molecule has 0 bridgehead atoms. The summed E-state index contributed by atoms with van der Waals surface area (Å²) in [6.45, 7) is 8.40. The van der Waals surface area contributed by atoms with E-state index in [-0.39, 0.29) is 0 Å². The van der Waals surface area contributed by atoms with Crippen LogP contribution in [-0.4, -0.2) is 26.3 Å². The Labute approximate surface area is 96.8 Å². The monoisotopic (exact) mass is 217 g/mol. The average Bonchev–Trinajstić information content (AvgIpc) is 2.20. The largest absolute Gasteiger partial charge is 0.381 e. The summed E-state index contributed by atoms with van der Waals surface area (Å²) >= 11 is 0. The van der Waals surface area contributed by atoms with Crippen LogP contribution in [0.15, 0.2) is 0 Å². The van der Waals surface area contributed by atoms with Gasteiger partial charge in [-0.3, -0.25) is 0 Å². The van der Waals surface area contributed by atoms with Crippen LogP contribution in [0.25, 0.3) is 0 Å².